The fourth-order valence-electron chi connectivity index (χ4n) is 3.09. The molecule has 0 atom stereocenters. The fraction of sp³-hybridized carbons (Fsp3) is 0.105. The Labute approximate surface area is 145 Å². The third-order valence-corrected chi connectivity index (χ3v) is 5.29. The molecule has 1 aliphatic heterocycles. The highest BCUT2D eigenvalue weighted by Gasteiger charge is 2.21. The number of rotatable bonds is 3. The van der Waals surface area contributed by atoms with Crippen molar-refractivity contribution in [1.29, 1.82) is 0 Å². The Kier molecular flexibility index (Phi) is 3.59. The van der Waals surface area contributed by atoms with Crippen molar-refractivity contribution in [2.45, 2.75) is 18.2 Å². The molecular formula is C19H16N2O3S. The fourth-order valence-corrected chi connectivity index (χ4v) is 3.78. The summed E-state index contributed by atoms with van der Waals surface area (Å²) in [6, 6.07) is 16.5. The number of aryl methyl sites for hydroxylation is 1. The zero-order chi connectivity index (χ0) is 17.6. The molecule has 3 aromatic carbocycles. The van der Waals surface area contributed by atoms with Gasteiger partial charge in [-0.05, 0) is 30.2 Å². The van der Waals surface area contributed by atoms with Gasteiger partial charge in [0.25, 0.3) is 10.1 Å². The molecule has 6 heteroatoms. The molecule has 4 rings (SSSR count). The van der Waals surface area contributed by atoms with Gasteiger partial charge in [0.05, 0.1) is 5.69 Å². The molecule has 0 amide bonds. The molecule has 3 aromatic rings. The maximum Gasteiger partial charge on any atom is 0.295 e. The summed E-state index contributed by atoms with van der Waals surface area (Å²) in [5.74, 6) is 0.710. The molecule has 0 aromatic heterocycles. The van der Waals surface area contributed by atoms with Crippen LogP contribution in [0.25, 0.3) is 10.8 Å². The lowest BCUT2D eigenvalue weighted by atomic mass is 10.0. The maximum atomic E-state index is 11.6. The van der Waals surface area contributed by atoms with Gasteiger partial charge in [-0.2, -0.15) is 8.42 Å². The van der Waals surface area contributed by atoms with Crippen molar-refractivity contribution >= 4 is 38.1 Å². The third kappa shape index (κ3) is 2.69. The van der Waals surface area contributed by atoms with E-state index in [0.717, 1.165) is 17.7 Å². The van der Waals surface area contributed by atoms with E-state index < -0.39 is 10.1 Å². The molecule has 5 nitrogen and oxygen atoms in total. The molecule has 2 N–H and O–H groups in total. The van der Waals surface area contributed by atoms with Gasteiger partial charge in [0, 0.05) is 22.0 Å². The van der Waals surface area contributed by atoms with Gasteiger partial charge in [-0.25, -0.2) is 4.99 Å². The summed E-state index contributed by atoms with van der Waals surface area (Å²) < 4.78 is 32.7. The quantitative estimate of drug-likeness (QED) is 0.694. The van der Waals surface area contributed by atoms with E-state index in [1.54, 1.807) is 18.2 Å². The molecule has 1 heterocycles. The summed E-state index contributed by atoms with van der Waals surface area (Å²) in [6.07, 6.45) is 0.973. The van der Waals surface area contributed by atoms with Crippen LogP contribution in [-0.4, -0.2) is 18.8 Å². The molecule has 0 aliphatic carbocycles. The average molecular weight is 352 g/mol. The second-order valence-electron chi connectivity index (χ2n) is 5.92. The van der Waals surface area contributed by atoms with Gasteiger partial charge >= 0.3 is 0 Å². The molecule has 0 saturated heterocycles. The molecule has 0 unspecified atom stereocenters. The van der Waals surface area contributed by atoms with Crippen LogP contribution in [0, 0.1) is 0 Å². The Hall–Kier alpha value is -2.70. The second-order valence-corrected chi connectivity index (χ2v) is 7.31. The van der Waals surface area contributed by atoms with Gasteiger partial charge in [-0.15, -0.1) is 0 Å². The standard InChI is InChI=1S/C19H16N2O3S/c1-2-12-6-8-13(9-7-12)19-20-15-5-3-4-14-17(25(22,23)24)11-10-16(21-19)18(14)15/h3-11H,2H2,1H3,(H,20,21)(H,22,23,24). The van der Waals surface area contributed by atoms with Crippen molar-refractivity contribution in [3.8, 4) is 0 Å². The van der Waals surface area contributed by atoms with E-state index in [9.17, 15) is 13.0 Å². The minimum Gasteiger partial charge on any atom is -0.339 e. The van der Waals surface area contributed by atoms with Crippen molar-refractivity contribution in [3.05, 3.63) is 65.7 Å². The molecule has 0 fully saturated rings. The Morgan fingerprint density at radius 1 is 1.04 bits per heavy atom. The minimum absolute atomic E-state index is 0.110. The summed E-state index contributed by atoms with van der Waals surface area (Å²) in [5.41, 5.74) is 3.65. The summed E-state index contributed by atoms with van der Waals surface area (Å²) in [7, 11) is -4.30. The molecule has 0 saturated carbocycles. The summed E-state index contributed by atoms with van der Waals surface area (Å²) in [4.78, 5) is 4.53. The Bertz CT molecular complexity index is 1120. The average Bonchev–Trinajstić information content (AvgIpc) is 2.61. The number of anilines is 1. The number of hydrogen-bond acceptors (Lipinski definition) is 4. The van der Waals surface area contributed by atoms with E-state index in [1.807, 2.05) is 18.2 Å². The molecule has 0 radical (unpaired) electrons. The van der Waals surface area contributed by atoms with Crippen LogP contribution in [-0.2, 0) is 16.5 Å². The van der Waals surface area contributed by atoms with Crippen LogP contribution in [0.3, 0.4) is 0 Å². The predicted octanol–water partition coefficient (Wildman–Crippen LogP) is 4.15. The summed E-state index contributed by atoms with van der Waals surface area (Å²) in [6.45, 7) is 2.11. The van der Waals surface area contributed by atoms with Gasteiger partial charge in [0.2, 0.25) is 0 Å². The largest absolute Gasteiger partial charge is 0.339 e. The monoisotopic (exact) mass is 352 g/mol. The van der Waals surface area contributed by atoms with E-state index >= 15 is 0 Å². The number of aliphatic imine (C=N–C) groups is 1. The second kappa shape index (κ2) is 5.68. The highest BCUT2D eigenvalue weighted by atomic mass is 32.2. The SMILES string of the molecule is CCc1ccc(C2=Nc3ccc(S(=O)(=O)O)c4cccc(c34)N2)cc1. The maximum absolute atomic E-state index is 11.6. The highest BCUT2D eigenvalue weighted by Crippen LogP contribution is 2.39. The Morgan fingerprint density at radius 2 is 1.80 bits per heavy atom. The van der Waals surface area contributed by atoms with E-state index in [4.69, 9.17) is 0 Å². The van der Waals surface area contributed by atoms with E-state index in [-0.39, 0.29) is 4.90 Å². The van der Waals surface area contributed by atoms with E-state index in [1.165, 1.54) is 11.6 Å². The van der Waals surface area contributed by atoms with Crippen LogP contribution in [0.2, 0.25) is 0 Å². The molecule has 0 spiro atoms. The summed E-state index contributed by atoms with van der Waals surface area (Å²) in [5, 5.41) is 4.41. The minimum atomic E-state index is -4.30. The topological polar surface area (TPSA) is 78.8 Å². The van der Waals surface area contributed by atoms with Gasteiger partial charge in [-0.3, -0.25) is 4.55 Å². The molecule has 126 valence electrons. The van der Waals surface area contributed by atoms with Crippen LogP contribution in [0.1, 0.15) is 18.1 Å². The van der Waals surface area contributed by atoms with Gasteiger partial charge in [0.15, 0.2) is 0 Å². The summed E-state index contributed by atoms with van der Waals surface area (Å²) >= 11 is 0. The van der Waals surface area contributed by atoms with Gasteiger partial charge in [0.1, 0.15) is 10.7 Å². The van der Waals surface area contributed by atoms with Crippen LogP contribution >= 0.6 is 0 Å². The van der Waals surface area contributed by atoms with Crippen LogP contribution in [0.4, 0.5) is 11.4 Å². The number of hydrogen-bond donors (Lipinski definition) is 2. The predicted molar refractivity (Wildman–Crippen MR) is 99.4 cm³/mol. The van der Waals surface area contributed by atoms with Crippen molar-refractivity contribution in [1.82, 2.24) is 0 Å². The van der Waals surface area contributed by atoms with Crippen molar-refractivity contribution in [2.75, 3.05) is 5.32 Å². The third-order valence-electron chi connectivity index (χ3n) is 4.38. The van der Waals surface area contributed by atoms with Crippen molar-refractivity contribution in [2.24, 2.45) is 4.99 Å². The Morgan fingerprint density at radius 3 is 2.48 bits per heavy atom. The van der Waals surface area contributed by atoms with Crippen molar-refractivity contribution < 1.29 is 13.0 Å². The van der Waals surface area contributed by atoms with Gasteiger partial charge < -0.3 is 5.32 Å². The van der Waals surface area contributed by atoms with Crippen molar-refractivity contribution in [3.63, 3.8) is 0 Å². The number of benzene rings is 3. The van der Waals surface area contributed by atoms with E-state index in [0.29, 0.717) is 22.3 Å². The van der Waals surface area contributed by atoms with Gasteiger partial charge in [-0.1, -0.05) is 43.3 Å². The normalized spacial score (nSPS) is 13.4. The molecule has 1 aliphatic rings. The Balaban J connectivity index is 1.90. The highest BCUT2D eigenvalue weighted by molar-refractivity contribution is 7.86. The molecular weight excluding hydrogens is 336 g/mol. The van der Waals surface area contributed by atoms with Crippen LogP contribution < -0.4 is 5.32 Å². The molecule has 25 heavy (non-hydrogen) atoms. The first-order valence-electron chi connectivity index (χ1n) is 7.95. The molecule has 0 bridgehead atoms. The van der Waals surface area contributed by atoms with Crippen LogP contribution in [0.15, 0.2) is 64.5 Å². The lowest BCUT2D eigenvalue weighted by molar-refractivity contribution is 0.484. The smallest absolute Gasteiger partial charge is 0.295 e. The zero-order valence-electron chi connectivity index (χ0n) is 13.5. The number of nitrogens with zero attached hydrogens (tertiary/aromatic N) is 1. The lowest BCUT2D eigenvalue weighted by Gasteiger charge is -2.20. The first-order chi connectivity index (χ1) is 12.0. The zero-order valence-corrected chi connectivity index (χ0v) is 14.3. The lowest BCUT2D eigenvalue weighted by Crippen LogP contribution is -2.16. The number of nitrogens with one attached hydrogen (secondary N) is 1. The number of amidine groups is 1. The first kappa shape index (κ1) is 15.8. The first-order valence-corrected chi connectivity index (χ1v) is 9.39. The van der Waals surface area contributed by atoms with E-state index in [2.05, 4.69) is 29.4 Å². The van der Waals surface area contributed by atoms with Crippen LogP contribution in [0.5, 0.6) is 0 Å².